The first-order chi connectivity index (χ1) is 14.0. The number of allylic oxidation sites excluding steroid dienone is 2. The van der Waals surface area contributed by atoms with Crippen LogP contribution in [0.15, 0.2) is 27.9 Å². The number of carbonyl (C=O) groups excluding carboxylic acids is 2. The van der Waals surface area contributed by atoms with Crippen LogP contribution in [0, 0.1) is 5.82 Å². The zero-order chi connectivity index (χ0) is 22.8. The molecule has 1 aromatic rings. The van der Waals surface area contributed by atoms with Crippen LogP contribution in [0.2, 0.25) is 0 Å². The van der Waals surface area contributed by atoms with E-state index in [1.54, 1.807) is 32.7 Å². The SMILES string of the molecule is CC(C)OC(=O)OC(OC(=O)OC(C)C)[P+](=O)CC=CCn1cc(F)c(=O)[nH]c1=O. The van der Waals surface area contributed by atoms with Crippen molar-refractivity contribution in [3.8, 4) is 0 Å². The second-order valence-electron chi connectivity index (χ2n) is 6.34. The van der Waals surface area contributed by atoms with Gasteiger partial charge in [-0.1, -0.05) is 10.6 Å². The van der Waals surface area contributed by atoms with Gasteiger partial charge >= 0.3 is 31.8 Å². The normalized spacial score (nSPS) is 11.8. The van der Waals surface area contributed by atoms with Gasteiger partial charge in [0.15, 0.2) is 6.16 Å². The van der Waals surface area contributed by atoms with Gasteiger partial charge in [-0.25, -0.2) is 14.4 Å². The Morgan fingerprint density at radius 3 is 2.10 bits per heavy atom. The van der Waals surface area contributed by atoms with Crippen LogP contribution in [0.25, 0.3) is 0 Å². The number of aromatic amines is 1. The van der Waals surface area contributed by atoms with E-state index in [0.717, 1.165) is 10.8 Å². The largest absolute Gasteiger partial charge is 0.514 e. The second kappa shape index (κ2) is 11.9. The number of nitrogens with one attached hydrogen (secondary N) is 1. The average molecular weight is 449 g/mol. The third kappa shape index (κ3) is 8.99. The van der Waals surface area contributed by atoms with E-state index < -0.39 is 55.4 Å². The Balaban J connectivity index is 2.77. The molecule has 0 radical (unpaired) electrons. The summed E-state index contributed by atoms with van der Waals surface area (Å²) >= 11 is 0. The van der Waals surface area contributed by atoms with Crippen LogP contribution in [0.1, 0.15) is 27.7 Å². The summed E-state index contributed by atoms with van der Waals surface area (Å²) in [7, 11) is -2.46. The summed E-state index contributed by atoms with van der Waals surface area (Å²) in [6, 6.07) is -1.77. The number of ether oxygens (including phenoxy) is 4. The molecule has 0 aliphatic rings. The van der Waals surface area contributed by atoms with Crippen molar-refractivity contribution in [2.45, 2.75) is 52.5 Å². The predicted octanol–water partition coefficient (Wildman–Crippen LogP) is 2.47. The average Bonchev–Trinajstić information content (AvgIpc) is 2.60. The zero-order valence-electron chi connectivity index (χ0n) is 16.8. The number of halogens is 1. The minimum atomic E-state index is -2.46. The van der Waals surface area contributed by atoms with E-state index in [1.165, 1.54) is 12.2 Å². The summed E-state index contributed by atoms with van der Waals surface area (Å²) in [6.07, 6.45) is -0.193. The van der Waals surface area contributed by atoms with Gasteiger partial charge in [0.2, 0.25) is 5.82 Å². The van der Waals surface area contributed by atoms with Gasteiger partial charge in [0.05, 0.1) is 18.4 Å². The summed E-state index contributed by atoms with van der Waals surface area (Å²) in [6.45, 7) is 6.12. The van der Waals surface area contributed by atoms with Crippen molar-refractivity contribution in [1.82, 2.24) is 9.55 Å². The first-order valence-electron chi connectivity index (χ1n) is 8.82. The molecule has 11 nitrogen and oxygen atoms in total. The third-order valence-corrected chi connectivity index (χ3v) is 4.27. The highest BCUT2D eigenvalue weighted by Crippen LogP contribution is 2.31. The van der Waals surface area contributed by atoms with E-state index in [9.17, 15) is 28.1 Å². The van der Waals surface area contributed by atoms with E-state index in [2.05, 4.69) is 0 Å². The van der Waals surface area contributed by atoms with Crippen molar-refractivity contribution in [2.24, 2.45) is 0 Å². The number of H-pyrrole nitrogens is 1. The van der Waals surface area contributed by atoms with Crippen molar-refractivity contribution >= 4 is 20.1 Å². The highest BCUT2D eigenvalue weighted by atomic mass is 31.1. The van der Waals surface area contributed by atoms with Gasteiger partial charge < -0.3 is 18.9 Å². The molecule has 0 fully saturated rings. The van der Waals surface area contributed by atoms with E-state index >= 15 is 0 Å². The van der Waals surface area contributed by atoms with Crippen LogP contribution in [0.5, 0.6) is 0 Å². The molecule has 1 heterocycles. The number of carbonyl (C=O) groups is 2. The van der Waals surface area contributed by atoms with Gasteiger partial charge in [0.25, 0.3) is 5.56 Å². The van der Waals surface area contributed by atoms with Crippen molar-refractivity contribution in [2.75, 3.05) is 6.16 Å². The lowest BCUT2D eigenvalue weighted by Gasteiger charge is -2.13. The lowest BCUT2D eigenvalue weighted by atomic mass is 10.5. The Morgan fingerprint density at radius 2 is 1.60 bits per heavy atom. The molecular formula is C17H23FN2O9P+. The molecule has 1 rings (SSSR count). The smallest absolute Gasteiger partial charge is 0.431 e. The Morgan fingerprint density at radius 1 is 1.07 bits per heavy atom. The van der Waals surface area contributed by atoms with Crippen LogP contribution < -0.4 is 11.2 Å². The molecule has 166 valence electrons. The maximum Gasteiger partial charge on any atom is 0.514 e. The molecule has 1 unspecified atom stereocenters. The van der Waals surface area contributed by atoms with Crippen molar-refractivity contribution in [3.05, 3.63) is 45.0 Å². The van der Waals surface area contributed by atoms with Gasteiger partial charge in [-0.15, -0.1) is 0 Å². The fraction of sp³-hybridized carbons (Fsp3) is 0.529. The molecule has 0 aromatic carbocycles. The maximum absolute atomic E-state index is 13.2. The lowest BCUT2D eigenvalue weighted by molar-refractivity contribution is -0.0715. The van der Waals surface area contributed by atoms with Crippen LogP contribution in [0.4, 0.5) is 14.0 Å². The number of aromatic nitrogens is 2. The van der Waals surface area contributed by atoms with E-state index in [0.29, 0.717) is 0 Å². The zero-order valence-corrected chi connectivity index (χ0v) is 17.7. The molecule has 1 atom stereocenters. The Kier molecular flexibility index (Phi) is 9.90. The first kappa shape index (κ1) is 25.0. The molecule has 30 heavy (non-hydrogen) atoms. The summed E-state index contributed by atoms with van der Waals surface area (Å²) in [5, 5.41) is 0. The second-order valence-corrected chi connectivity index (χ2v) is 7.96. The molecular weight excluding hydrogens is 426 g/mol. The topological polar surface area (TPSA) is 143 Å². The number of rotatable bonds is 9. The maximum atomic E-state index is 13.2. The van der Waals surface area contributed by atoms with Crippen molar-refractivity contribution < 1.29 is 37.5 Å². The molecule has 0 bridgehead atoms. The minimum absolute atomic E-state index is 0.132. The minimum Gasteiger partial charge on any atom is -0.431 e. The van der Waals surface area contributed by atoms with E-state index in [-0.39, 0.29) is 12.7 Å². The van der Waals surface area contributed by atoms with Gasteiger partial charge in [-0.2, -0.15) is 4.39 Å². The van der Waals surface area contributed by atoms with Crippen LogP contribution in [0.3, 0.4) is 0 Å². The molecule has 0 saturated heterocycles. The fourth-order valence-electron chi connectivity index (χ4n) is 1.82. The molecule has 0 aliphatic heterocycles. The van der Waals surface area contributed by atoms with Gasteiger partial charge in [0.1, 0.15) is 0 Å². The Hall–Kier alpha value is -3.01. The lowest BCUT2D eigenvalue weighted by Crippen LogP contribution is -2.31. The molecule has 0 aliphatic carbocycles. The number of hydrogen-bond acceptors (Lipinski definition) is 9. The molecule has 0 amide bonds. The van der Waals surface area contributed by atoms with E-state index in [1.807, 2.05) is 0 Å². The fourth-order valence-corrected chi connectivity index (χ4v) is 2.75. The van der Waals surface area contributed by atoms with Crippen LogP contribution in [-0.4, -0.2) is 46.3 Å². The Labute approximate surface area is 171 Å². The van der Waals surface area contributed by atoms with E-state index in [4.69, 9.17) is 18.9 Å². The quantitative estimate of drug-likeness (QED) is 0.260. The number of nitrogens with zero attached hydrogens (tertiary/aromatic N) is 1. The summed E-state index contributed by atoms with van der Waals surface area (Å²) in [4.78, 5) is 47.7. The molecule has 1 aromatic heterocycles. The third-order valence-electron chi connectivity index (χ3n) is 3.01. The van der Waals surface area contributed by atoms with Crippen molar-refractivity contribution in [1.29, 1.82) is 0 Å². The predicted molar refractivity (Wildman–Crippen MR) is 102 cm³/mol. The van der Waals surface area contributed by atoms with Crippen LogP contribution >= 0.6 is 7.80 Å². The van der Waals surface area contributed by atoms with Crippen molar-refractivity contribution in [3.63, 3.8) is 0 Å². The summed E-state index contributed by atoms with van der Waals surface area (Å²) in [5.41, 5.74) is -1.96. The summed E-state index contributed by atoms with van der Waals surface area (Å²) < 4.78 is 45.7. The Bertz CT molecular complexity index is 883. The number of hydrogen-bond donors (Lipinski definition) is 1. The van der Waals surface area contributed by atoms with Gasteiger partial charge in [0, 0.05) is 6.54 Å². The summed E-state index contributed by atoms with van der Waals surface area (Å²) in [5.74, 6) is -1.14. The standard InChI is InChI=1S/C17H22FN2O9P/c1-10(2)26-15(23)28-17(29-16(24)27-11(3)4)30(25)8-6-5-7-20-9-12(18)13(21)19-14(20)22/h5-6,9-11,17H,7-8H2,1-4H3/p+1. The first-order valence-corrected chi connectivity index (χ1v) is 10.3. The van der Waals surface area contributed by atoms with Gasteiger partial charge in [-0.3, -0.25) is 14.3 Å². The van der Waals surface area contributed by atoms with Gasteiger partial charge in [-0.05, 0) is 33.8 Å². The highest BCUT2D eigenvalue weighted by Gasteiger charge is 2.38. The monoisotopic (exact) mass is 449 g/mol. The van der Waals surface area contributed by atoms with Crippen LogP contribution in [-0.2, 0) is 30.1 Å². The molecule has 13 heteroatoms. The molecule has 1 N–H and O–H groups in total. The highest BCUT2D eigenvalue weighted by molar-refractivity contribution is 7.45. The molecule has 0 saturated carbocycles. The molecule has 0 spiro atoms.